The van der Waals surface area contributed by atoms with Crippen molar-refractivity contribution in [1.29, 1.82) is 0 Å². The third-order valence-corrected chi connectivity index (χ3v) is 3.08. The molecule has 1 aromatic rings. The molecule has 1 unspecified atom stereocenters. The summed E-state index contributed by atoms with van der Waals surface area (Å²) in [6.07, 6.45) is 2.24. The normalized spacial score (nSPS) is 26.0. The molecule has 0 aliphatic carbocycles. The summed E-state index contributed by atoms with van der Waals surface area (Å²) in [6, 6.07) is -0.00176. The SMILES string of the molecule is CC1(C)CC(n2cc(C(=O)O)nn2)C(C)(C)O1. The van der Waals surface area contributed by atoms with Gasteiger partial charge in [-0.05, 0) is 27.7 Å². The zero-order valence-electron chi connectivity index (χ0n) is 10.5. The second kappa shape index (κ2) is 3.53. The molecule has 0 saturated carbocycles. The highest BCUT2D eigenvalue weighted by Gasteiger charge is 2.47. The van der Waals surface area contributed by atoms with Gasteiger partial charge in [-0.2, -0.15) is 0 Å². The Morgan fingerprint density at radius 2 is 2.18 bits per heavy atom. The molecule has 1 atom stereocenters. The van der Waals surface area contributed by atoms with Crippen molar-refractivity contribution in [2.75, 3.05) is 0 Å². The summed E-state index contributed by atoms with van der Waals surface area (Å²) in [4.78, 5) is 10.8. The van der Waals surface area contributed by atoms with Gasteiger partial charge in [0.05, 0.1) is 23.4 Å². The summed E-state index contributed by atoms with van der Waals surface area (Å²) in [5.74, 6) is -1.06. The van der Waals surface area contributed by atoms with Crippen LogP contribution in [0.5, 0.6) is 0 Å². The van der Waals surface area contributed by atoms with Crippen LogP contribution in [0.25, 0.3) is 0 Å². The number of nitrogens with zero attached hydrogens (tertiary/aromatic N) is 3. The topological polar surface area (TPSA) is 77.2 Å². The number of hydrogen-bond acceptors (Lipinski definition) is 4. The second-order valence-electron chi connectivity index (χ2n) is 5.57. The summed E-state index contributed by atoms with van der Waals surface area (Å²) < 4.78 is 7.53. The Balaban J connectivity index is 2.30. The van der Waals surface area contributed by atoms with Crippen molar-refractivity contribution in [2.45, 2.75) is 51.4 Å². The molecule has 1 aliphatic heterocycles. The molecule has 94 valence electrons. The van der Waals surface area contributed by atoms with Crippen molar-refractivity contribution in [3.8, 4) is 0 Å². The Labute approximate surface area is 99.6 Å². The quantitative estimate of drug-likeness (QED) is 0.846. The molecule has 1 saturated heterocycles. The molecular weight excluding hydrogens is 222 g/mol. The van der Waals surface area contributed by atoms with Gasteiger partial charge in [0.2, 0.25) is 0 Å². The van der Waals surface area contributed by atoms with Crippen molar-refractivity contribution in [3.63, 3.8) is 0 Å². The van der Waals surface area contributed by atoms with Crippen molar-refractivity contribution >= 4 is 5.97 Å². The molecule has 2 rings (SSSR count). The summed E-state index contributed by atoms with van der Waals surface area (Å²) in [5, 5.41) is 16.3. The Morgan fingerprint density at radius 1 is 1.53 bits per heavy atom. The van der Waals surface area contributed by atoms with Gasteiger partial charge in [0.25, 0.3) is 0 Å². The molecule has 2 heterocycles. The predicted molar refractivity (Wildman–Crippen MR) is 59.9 cm³/mol. The third-order valence-electron chi connectivity index (χ3n) is 3.08. The smallest absolute Gasteiger partial charge is 0.358 e. The number of rotatable bonds is 2. The van der Waals surface area contributed by atoms with Crippen LogP contribution < -0.4 is 0 Å². The number of aromatic carboxylic acids is 1. The third kappa shape index (κ3) is 2.17. The van der Waals surface area contributed by atoms with Crippen molar-refractivity contribution in [3.05, 3.63) is 11.9 Å². The highest BCUT2D eigenvalue weighted by molar-refractivity contribution is 5.84. The van der Waals surface area contributed by atoms with E-state index < -0.39 is 5.97 Å². The first-order chi connectivity index (χ1) is 7.71. The Kier molecular flexibility index (Phi) is 2.50. The first kappa shape index (κ1) is 12.0. The lowest BCUT2D eigenvalue weighted by molar-refractivity contribution is -0.0738. The Hall–Kier alpha value is -1.43. The highest BCUT2D eigenvalue weighted by atomic mass is 16.5. The second-order valence-corrected chi connectivity index (χ2v) is 5.57. The number of carbonyl (C=O) groups is 1. The lowest BCUT2D eigenvalue weighted by Gasteiger charge is -2.26. The number of carboxylic acid groups (broad SMARTS) is 1. The summed E-state index contributed by atoms with van der Waals surface area (Å²) in [6.45, 7) is 8.00. The first-order valence-corrected chi connectivity index (χ1v) is 5.57. The summed E-state index contributed by atoms with van der Waals surface area (Å²) in [5.41, 5.74) is -0.651. The largest absolute Gasteiger partial charge is 0.476 e. The van der Waals surface area contributed by atoms with E-state index in [-0.39, 0.29) is 22.9 Å². The number of aromatic nitrogens is 3. The lowest BCUT2D eigenvalue weighted by Crippen LogP contribution is -2.31. The summed E-state index contributed by atoms with van der Waals surface area (Å²) in [7, 11) is 0. The molecule has 0 bridgehead atoms. The minimum absolute atomic E-state index is 0.00176. The van der Waals surface area contributed by atoms with Gasteiger partial charge in [-0.25, -0.2) is 9.48 Å². The van der Waals surface area contributed by atoms with Crippen molar-refractivity contribution in [2.24, 2.45) is 0 Å². The fraction of sp³-hybridized carbons (Fsp3) is 0.727. The molecule has 6 heteroatoms. The molecule has 0 radical (unpaired) electrons. The zero-order chi connectivity index (χ0) is 12.8. The molecule has 0 aromatic carbocycles. The lowest BCUT2D eigenvalue weighted by atomic mass is 9.95. The van der Waals surface area contributed by atoms with Crippen LogP contribution in [0.3, 0.4) is 0 Å². The molecule has 1 N–H and O–H groups in total. The van der Waals surface area contributed by atoms with E-state index in [1.54, 1.807) is 4.68 Å². The van der Waals surface area contributed by atoms with Crippen LogP contribution in [0.4, 0.5) is 0 Å². The molecule has 1 aliphatic rings. The number of ether oxygens (including phenoxy) is 1. The number of carboxylic acids is 1. The molecule has 17 heavy (non-hydrogen) atoms. The molecular formula is C11H17N3O3. The van der Waals surface area contributed by atoms with Crippen LogP contribution in [0.15, 0.2) is 6.20 Å². The van der Waals surface area contributed by atoms with E-state index in [1.807, 2.05) is 27.7 Å². The van der Waals surface area contributed by atoms with Gasteiger partial charge in [-0.3, -0.25) is 0 Å². The van der Waals surface area contributed by atoms with Crippen LogP contribution in [-0.2, 0) is 4.74 Å². The van der Waals surface area contributed by atoms with Crippen LogP contribution in [0.2, 0.25) is 0 Å². The zero-order valence-corrected chi connectivity index (χ0v) is 10.5. The average Bonchev–Trinajstić information content (AvgIpc) is 2.67. The highest BCUT2D eigenvalue weighted by Crippen LogP contribution is 2.44. The van der Waals surface area contributed by atoms with E-state index in [0.29, 0.717) is 0 Å². The predicted octanol–water partition coefficient (Wildman–Crippen LogP) is 1.49. The summed E-state index contributed by atoms with van der Waals surface area (Å²) >= 11 is 0. The molecule has 0 amide bonds. The minimum Gasteiger partial charge on any atom is -0.476 e. The van der Waals surface area contributed by atoms with E-state index in [9.17, 15) is 4.79 Å². The van der Waals surface area contributed by atoms with Gasteiger partial charge in [0.15, 0.2) is 5.69 Å². The van der Waals surface area contributed by atoms with E-state index >= 15 is 0 Å². The Bertz CT molecular complexity index is 451. The minimum atomic E-state index is -1.06. The van der Waals surface area contributed by atoms with Gasteiger partial charge in [0, 0.05) is 6.42 Å². The molecule has 1 aromatic heterocycles. The maximum Gasteiger partial charge on any atom is 0.358 e. The molecule has 1 fully saturated rings. The van der Waals surface area contributed by atoms with Crippen molar-refractivity contribution in [1.82, 2.24) is 15.0 Å². The van der Waals surface area contributed by atoms with Gasteiger partial charge >= 0.3 is 5.97 Å². The maximum absolute atomic E-state index is 10.8. The average molecular weight is 239 g/mol. The van der Waals surface area contributed by atoms with Crippen LogP contribution >= 0.6 is 0 Å². The first-order valence-electron chi connectivity index (χ1n) is 5.57. The molecule has 6 nitrogen and oxygen atoms in total. The van der Waals surface area contributed by atoms with Crippen LogP contribution in [0.1, 0.15) is 50.6 Å². The van der Waals surface area contributed by atoms with E-state index in [0.717, 1.165) is 6.42 Å². The van der Waals surface area contributed by atoms with E-state index in [1.165, 1.54) is 6.20 Å². The van der Waals surface area contributed by atoms with Crippen molar-refractivity contribution < 1.29 is 14.6 Å². The fourth-order valence-corrected chi connectivity index (χ4v) is 2.47. The Morgan fingerprint density at radius 3 is 2.59 bits per heavy atom. The van der Waals surface area contributed by atoms with E-state index in [4.69, 9.17) is 9.84 Å². The number of hydrogen-bond donors (Lipinski definition) is 1. The van der Waals surface area contributed by atoms with Crippen LogP contribution in [0, 0.1) is 0 Å². The monoisotopic (exact) mass is 239 g/mol. The van der Waals surface area contributed by atoms with Crippen LogP contribution in [-0.4, -0.2) is 37.3 Å². The standard InChI is InChI=1S/C11H17N3O3/c1-10(2)5-8(11(3,4)17-10)14-6-7(9(15)16)12-13-14/h6,8H,5H2,1-4H3,(H,15,16). The van der Waals surface area contributed by atoms with Gasteiger partial charge in [0.1, 0.15) is 0 Å². The maximum atomic E-state index is 10.8. The fourth-order valence-electron chi connectivity index (χ4n) is 2.47. The van der Waals surface area contributed by atoms with Gasteiger partial charge in [-0.15, -0.1) is 5.10 Å². The van der Waals surface area contributed by atoms with Gasteiger partial charge in [-0.1, -0.05) is 5.21 Å². The van der Waals surface area contributed by atoms with E-state index in [2.05, 4.69) is 10.3 Å². The van der Waals surface area contributed by atoms with Gasteiger partial charge < -0.3 is 9.84 Å². The molecule has 0 spiro atoms.